The molecule has 22 heavy (non-hydrogen) atoms. The van der Waals surface area contributed by atoms with Gasteiger partial charge in [0.2, 0.25) is 0 Å². The molecule has 0 heterocycles. The van der Waals surface area contributed by atoms with E-state index in [1.165, 1.54) is 12.1 Å². The van der Waals surface area contributed by atoms with Crippen molar-refractivity contribution in [3.63, 3.8) is 0 Å². The Labute approximate surface area is 127 Å². The fourth-order valence-electron chi connectivity index (χ4n) is 1.65. The van der Waals surface area contributed by atoms with Crippen LogP contribution in [0.15, 0.2) is 54.6 Å². The molecule has 0 fully saturated rings. The van der Waals surface area contributed by atoms with Crippen LogP contribution in [-0.2, 0) is 4.79 Å². The first-order valence-electron chi connectivity index (χ1n) is 6.64. The Hall–Kier alpha value is -2.89. The number of carbonyl (C=O) groups is 2. The van der Waals surface area contributed by atoms with Gasteiger partial charge in [0, 0.05) is 5.56 Å². The zero-order valence-electron chi connectivity index (χ0n) is 11.9. The first-order chi connectivity index (χ1) is 10.6. The summed E-state index contributed by atoms with van der Waals surface area (Å²) in [5.74, 6) is -0.931. The summed E-state index contributed by atoms with van der Waals surface area (Å²) in [5.41, 5.74) is 4.74. The number of carbonyl (C=O) groups excluding carboxylic acids is 2. The summed E-state index contributed by atoms with van der Waals surface area (Å²) in [6, 6.07) is 13.8. The number of hydrogen-bond acceptors (Lipinski definition) is 3. The van der Waals surface area contributed by atoms with Gasteiger partial charge in [-0.15, -0.1) is 0 Å². The fourth-order valence-corrected chi connectivity index (χ4v) is 1.65. The molecular formula is C16H15FN2O3. The molecule has 0 radical (unpaired) electrons. The quantitative estimate of drug-likeness (QED) is 0.850. The highest BCUT2D eigenvalue weighted by molar-refractivity contribution is 5.95. The molecule has 0 bridgehead atoms. The zero-order valence-corrected chi connectivity index (χ0v) is 11.9. The number of para-hydroxylation sites is 1. The van der Waals surface area contributed by atoms with Crippen molar-refractivity contribution in [3.8, 4) is 5.75 Å². The lowest BCUT2D eigenvalue weighted by Gasteiger charge is -2.15. The minimum atomic E-state index is -0.782. The number of amides is 2. The molecule has 0 aliphatic heterocycles. The Kier molecular flexibility index (Phi) is 5.08. The maximum absolute atomic E-state index is 12.8. The van der Waals surface area contributed by atoms with Crippen LogP contribution in [-0.4, -0.2) is 17.9 Å². The van der Waals surface area contributed by atoms with Gasteiger partial charge in [0.05, 0.1) is 0 Å². The molecule has 0 saturated heterocycles. The molecule has 2 rings (SSSR count). The first-order valence-corrected chi connectivity index (χ1v) is 6.64. The van der Waals surface area contributed by atoms with Gasteiger partial charge in [-0.05, 0) is 43.3 Å². The van der Waals surface area contributed by atoms with E-state index in [1.54, 1.807) is 31.2 Å². The summed E-state index contributed by atoms with van der Waals surface area (Å²) in [7, 11) is 0. The predicted molar refractivity (Wildman–Crippen MR) is 78.5 cm³/mol. The topological polar surface area (TPSA) is 67.4 Å². The van der Waals surface area contributed by atoms with Crippen molar-refractivity contribution in [2.45, 2.75) is 13.0 Å². The van der Waals surface area contributed by atoms with Crippen LogP contribution in [0.3, 0.4) is 0 Å². The molecule has 0 aromatic heterocycles. The minimum absolute atomic E-state index is 0.235. The predicted octanol–water partition coefficient (Wildman–Crippen LogP) is 2.05. The van der Waals surface area contributed by atoms with Crippen molar-refractivity contribution in [3.05, 3.63) is 66.0 Å². The molecule has 5 nitrogen and oxygen atoms in total. The number of benzene rings is 2. The summed E-state index contributed by atoms with van der Waals surface area (Å²) in [5, 5.41) is 0. The van der Waals surface area contributed by atoms with Gasteiger partial charge in [0.25, 0.3) is 11.8 Å². The number of rotatable bonds is 4. The molecule has 1 atom stereocenters. The summed E-state index contributed by atoms with van der Waals surface area (Å²) in [6.45, 7) is 1.56. The largest absolute Gasteiger partial charge is 0.481 e. The third-order valence-electron chi connectivity index (χ3n) is 2.83. The van der Waals surface area contributed by atoms with Gasteiger partial charge in [-0.2, -0.15) is 0 Å². The number of hydrogen-bond donors (Lipinski definition) is 2. The maximum atomic E-state index is 12.8. The second-order valence-corrected chi connectivity index (χ2v) is 4.52. The molecule has 0 aliphatic rings. The maximum Gasteiger partial charge on any atom is 0.279 e. The fraction of sp³-hybridized carbons (Fsp3) is 0.125. The number of nitrogens with one attached hydrogen (secondary N) is 2. The second kappa shape index (κ2) is 7.21. The van der Waals surface area contributed by atoms with Crippen LogP contribution in [0.4, 0.5) is 4.39 Å². The Bertz CT molecular complexity index is 644. The average Bonchev–Trinajstić information content (AvgIpc) is 2.53. The van der Waals surface area contributed by atoms with E-state index in [2.05, 4.69) is 10.9 Å². The van der Waals surface area contributed by atoms with Crippen LogP contribution in [0.25, 0.3) is 0 Å². The lowest BCUT2D eigenvalue weighted by molar-refractivity contribution is -0.128. The van der Waals surface area contributed by atoms with Gasteiger partial charge in [-0.1, -0.05) is 18.2 Å². The molecule has 2 amide bonds. The van der Waals surface area contributed by atoms with Crippen LogP contribution < -0.4 is 15.6 Å². The summed E-state index contributed by atoms with van der Waals surface area (Å²) >= 11 is 0. The van der Waals surface area contributed by atoms with E-state index in [4.69, 9.17) is 4.74 Å². The van der Waals surface area contributed by atoms with Crippen molar-refractivity contribution >= 4 is 11.8 Å². The van der Waals surface area contributed by atoms with Crippen molar-refractivity contribution in [2.24, 2.45) is 0 Å². The monoisotopic (exact) mass is 302 g/mol. The average molecular weight is 302 g/mol. The highest BCUT2D eigenvalue weighted by atomic mass is 19.1. The molecule has 0 aliphatic carbocycles. The normalized spacial score (nSPS) is 11.4. The molecule has 0 spiro atoms. The van der Waals surface area contributed by atoms with Crippen molar-refractivity contribution in [2.75, 3.05) is 0 Å². The molecule has 6 heteroatoms. The molecule has 2 aromatic rings. The van der Waals surface area contributed by atoms with Gasteiger partial charge in [0.15, 0.2) is 6.10 Å². The lowest BCUT2D eigenvalue weighted by atomic mass is 10.2. The van der Waals surface area contributed by atoms with Gasteiger partial charge in [-0.25, -0.2) is 4.39 Å². The number of ether oxygens (including phenoxy) is 1. The third-order valence-corrected chi connectivity index (χ3v) is 2.83. The summed E-state index contributed by atoms with van der Waals surface area (Å²) in [6.07, 6.45) is -0.782. The van der Waals surface area contributed by atoms with E-state index in [9.17, 15) is 14.0 Å². The second-order valence-electron chi connectivity index (χ2n) is 4.52. The molecule has 0 saturated carbocycles. The first kappa shape index (κ1) is 15.5. The molecule has 2 N–H and O–H groups in total. The third kappa shape index (κ3) is 4.31. The Morgan fingerprint density at radius 3 is 2.27 bits per heavy atom. The molecule has 114 valence electrons. The molecular weight excluding hydrogens is 287 g/mol. The van der Waals surface area contributed by atoms with E-state index in [0.717, 1.165) is 12.1 Å². The summed E-state index contributed by atoms with van der Waals surface area (Å²) < 4.78 is 18.2. The highest BCUT2D eigenvalue weighted by Crippen LogP contribution is 2.10. The highest BCUT2D eigenvalue weighted by Gasteiger charge is 2.15. The van der Waals surface area contributed by atoms with E-state index >= 15 is 0 Å². The van der Waals surface area contributed by atoms with Gasteiger partial charge in [0.1, 0.15) is 11.6 Å². The van der Waals surface area contributed by atoms with Gasteiger partial charge in [-0.3, -0.25) is 20.4 Å². The lowest BCUT2D eigenvalue weighted by Crippen LogP contribution is -2.47. The Morgan fingerprint density at radius 1 is 1.00 bits per heavy atom. The van der Waals surface area contributed by atoms with Crippen molar-refractivity contribution in [1.29, 1.82) is 0 Å². The van der Waals surface area contributed by atoms with E-state index in [-0.39, 0.29) is 5.56 Å². The Balaban J connectivity index is 1.84. The minimum Gasteiger partial charge on any atom is -0.481 e. The summed E-state index contributed by atoms with van der Waals surface area (Å²) in [4.78, 5) is 23.6. The number of halogens is 1. The molecule has 1 unspecified atom stereocenters. The number of hydrazine groups is 1. The van der Waals surface area contributed by atoms with Crippen molar-refractivity contribution < 1.29 is 18.7 Å². The van der Waals surface area contributed by atoms with E-state index < -0.39 is 23.7 Å². The smallest absolute Gasteiger partial charge is 0.279 e. The van der Waals surface area contributed by atoms with Crippen LogP contribution >= 0.6 is 0 Å². The van der Waals surface area contributed by atoms with E-state index in [1.807, 2.05) is 6.07 Å². The van der Waals surface area contributed by atoms with Crippen LogP contribution in [0, 0.1) is 5.82 Å². The Morgan fingerprint density at radius 2 is 1.64 bits per heavy atom. The van der Waals surface area contributed by atoms with Gasteiger partial charge >= 0.3 is 0 Å². The van der Waals surface area contributed by atoms with E-state index in [0.29, 0.717) is 5.75 Å². The molecule has 2 aromatic carbocycles. The van der Waals surface area contributed by atoms with Crippen LogP contribution in [0.5, 0.6) is 5.75 Å². The van der Waals surface area contributed by atoms with Crippen LogP contribution in [0.2, 0.25) is 0 Å². The van der Waals surface area contributed by atoms with Crippen molar-refractivity contribution in [1.82, 2.24) is 10.9 Å². The standard InChI is InChI=1S/C16H15FN2O3/c1-11(22-14-5-3-2-4-6-14)15(20)18-19-16(21)12-7-9-13(17)10-8-12/h2-11H,1H3,(H,18,20)(H,19,21). The van der Waals surface area contributed by atoms with Crippen LogP contribution in [0.1, 0.15) is 17.3 Å². The SMILES string of the molecule is CC(Oc1ccccc1)C(=O)NNC(=O)c1ccc(F)cc1. The van der Waals surface area contributed by atoms with Gasteiger partial charge < -0.3 is 4.74 Å². The zero-order chi connectivity index (χ0) is 15.9.